The van der Waals surface area contributed by atoms with Crippen LogP contribution in [0.2, 0.25) is 0 Å². The molecule has 96 valence electrons. The summed E-state index contributed by atoms with van der Waals surface area (Å²) in [7, 11) is 1.67. The number of nitrogens with one attached hydrogen (secondary N) is 1. The molecule has 0 aliphatic carbocycles. The minimum Gasteiger partial charge on any atom is -0.497 e. The molecule has 0 bridgehead atoms. The average molecular weight is 246 g/mol. The fourth-order valence-electron chi connectivity index (χ4n) is 1.75. The van der Waals surface area contributed by atoms with E-state index >= 15 is 0 Å². The molecule has 1 N–H and O–H groups in total. The first-order chi connectivity index (χ1) is 8.60. The lowest BCUT2D eigenvalue weighted by Crippen LogP contribution is -2.01. The Morgan fingerprint density at radius 3 is 2.61 bits per heavy atom. The van der Waals surface area contributed by atoms with Crippen LogP contribution in [0.1, 0.15) is 22.9 Å². The number of ether oxygens (including phenoxy) is 1. The third-order valence-corrected chi connectivity index (χ3v) is 2.94. The van der Waals surface area contributed by atoms with Crippen LogP contribution in [0.3, 0.4) is 0 Å². The van der Waals surface area contributed by atoms with Gasteiger partial charge in [-0.1, -0.05) is 0 Å². The number of nitrogens with zero attached hydrogens (tertiary/aromatic N) is 1. The molecule has 2 aromatic rings. The Balaban J connectivity index is 2.06. The van der Waals surface area contributed by atoms with E-state index in [2.05, 4.69) is 10.3 Å². The summed E-state index contributed by atoms with van der Waals surface area (Å²) < 4.78 is 10.7. The maximum atomic E-state index is 5.52. The van der Waals surface area contributed by atoms with Gasteiger partial charge in [-0.05, 0) is 44.5 Å². The van der Waals surface area contributed by atoms with Gasteiger partial charge in [-0.25, -0.2) is 4.98 Å². The number of aromatic nitrogens is 1. The van der Waals surface area contributed by atoms with E-state index in [0.717, 1.165) is 28.5 Å². The predicted molar refractivity (Wildman–Crippen MR) is 71.0 cm³/mol. The molecule has 0 aliphatic heterocycles. The highest BCUT2D eigenvalue weighted by Crippen LogP contribution is 2.21. The van der Waals surface area contributed by atoms with Crippen LogP contribution in [0.5, 0.6) is 5.75 Å². The summed E-state index contributed by atoms with van der Waals surface area (Å²) in [5, 5.41) is 3.31. The molecule has 2 rings (SSSR count). The summed E-state index contributed by atoms with van der Waals surface area (Å²) in [5.41, 5.74) is 3.14. The second kappa shape index (κ2) is 5.12. The second-order valence-electron chi connectivity index (χ2n) is 4.28. The lowest BCUT2D eigenvalue weighted by atomic mass is 10.2. The highest BCUT2D eigenvalue weighted by Gasteiger charge is 2.06. The van der Waals surface area contributed by atoms with Gasteiger partial charge in [0.05, 0.1) is 19.3 Å². The van der Waals surface area contributed by atoms with Gasteiger partial charge < -0.3 is 14.5 Å². The largest absolute Gasteiger partial charge is 0.497 e. The van der Waals surface area contributed by atoms with Crippen molar-refractivity contribution in [1.82, 2.24) is 4.98 Å². The summed E-state index contributed by atoms with van der Waals surface area (Å²) in [6.07, 6.45) is 0. The van der Waals surface area contributed by atoms with E-state index in [0.29, 0.717) is 12.4 Å². The molecule has 0 saturated heterocycles. The Hall–Kier alpha value is -1.97. The Morgan fingerprint density at radius 2 is 2.06 bits per heavy atom. The van der Waals surface area contributed by atoms with Crippen molar-refractivity contribution in [2.75, 3.05) is 12.4 Å². The van der Waals surface area contributed by atoms with Gasteiger partial charge in [0.1, 0.15) is 11.5 Å². The van der Waals surface area contributed by atoms with Crippen LogP contribution in [-0.4, -0.2) is 12.1 Å². The third kappa shape index (κ3) is 2.64. The molecule has 0 radical (unpaired) electrons. The summed E-state index contributed by atoms with van der Waals surface area (Å²) in [4.78, 5) is 4.33. The van der Waals surface area contributed by atoms with E-state index in [-0.39, 0.29) is 0 Å². The highest BCUT2D eigenvalue weighted by molar-refractivity contribution is 5.53. The number of hydrogen-bond donors (Lipinski definition) is 1. The first-order valence-electron chi connectivity index (χ1n) is 5.91. The first-order valence-corrected chi connectivity index (χ1v) is 5.91. The Morgan fingerprint density at radius 1 is 1.28 bits per heavy atom. The molecule has 4 nitrogen and oxygen atoms in total. The quantitative estimate of drug-likeness (QED) is 0.899. The molecule has 1 aromatic carbocycles. The van der Waals surface area contributed by atoms with Crippen LogP contribution >= 0.6 is 0 Å². The first kappa shape index (κ1) is 12.5. The van der Waals surface area contributed by atoms with Gasteiger partial charge in [0.25, 0.3) is 0 Å². The molecule has 18 heavy (non-hydrogen) atoms. The zero-order valence-electron chi connectivity index (χ0n) is 11.2. The van der Waals surface area contributed by atoms with Crippen molar-refractivity contribution < 1.29 is 9.15 Å². The van der Waals surface area contributed by atoms with Crippen molar-refractivity contribution in [1.29, 1.82) is 0 Å². The van der Waals surface area contributed by atoms with Gasteiger partial charge in [-0.3, -0.25) is 0 Å². The standard InChI is InChI=1S/C14H18N2O2/c1-9-7-12(17-4)5-6-13(9)15-8-14-16-10(2)11(3)18-14/h5-7,15H,8H2,1-4H3. The second-order valence-corrected chi connectivity index (χ2v) is 4.28. The van der Waals surface area contributed by atoms with Crippen molar-refractivity contribution >= 4 is 5.69 Å². The molecule has 1 aromatic heterocycles. The lowest BCUT2D eigenvalue weighted by Gasteiger charge is -2.09. The van der Waals surface area contributed by atoms with Crippen molar-refractivity contribution in [3.8, 4) is 5.75 Å². The number of methoxy groups -OCH3 is 1. The number of anilines is 1. The van der Waals surface area contributed by atoms with E-state index in [9.17, 15) is 0 Å². The summed E-state index contributed by atoms with van der Waals surface area (Å²) in [6, 6.07) is 5.92. The molecule has 0 fully saturated rings. The molecule has 0 saturated carbocycles. The third-order valence-electron chi connectivity index (χ3n) is 2.94. The monoisotopic (exact) mass is 246 g/mol. The van der Waals surface area contributed by atoms with E-state index in [1.165, 1.54) is 0 Å². The zero-order chi connectivity index (χ0) is 13.1. The van der Waals surface area contributed by atoms with Gasteiger partial charge in [-0.15, -0.1) is 0 Å². The molecule has 4 heteroatoms. The normalized spacial score (nSPS) is 10.4. The number of aryl methyl sites for hydroxylation is 3. The fraction of sp³-hybridized carbons (Fsp3) is 0.357. The minimum absolute atomic E-state index is 0.585. The van der Waals surface area contributed by atoms with Crippen LogP contribution in [0.15, 0.2) is 22.6 Å². The highest BCUT2D eigenvalue weighted by atomic mass is 16.5. The summed E-state index contributed by atoms with van der Waals surface area (Å²) in [5.74, 6) is 2.44. The molecule has 0 spiro atoms. The zero-order valence-corrected chi connectivity index (χ0v) is 11.2. The maximum Gasteiger partial charge on any atom is 0.213 e. The van der Waals surface area contributed by atoms with Crippen LogP contribution in [0.25, 0.3) is 0 Å². The van der Waals surface area contributed by atoms with Crippen molar-refractivity contribution in [2.24, 2.45) is 0 Å². The Kier molecular flexibility index (Phi) is 3.55. The van der Waals surface area contributed by atoms with E-state index in [1.807, 2.05) is 39.0 Å². The molecule has 0 unspecified atom stereocenters. The molecule has 1 heterocycles. The van der Waals surface area contributed by atoms with Crippen molar-refractivity contribution in [3.63, 3.8) is 0 Å². The summed E-state index contributed by atoms with van der Waals surface area (Å²) >= 11 is 0. The minimum atomic E-state index is 0.585. The van der Waals surface area contributed by atoms with Crippen LogP contribution in [0, 0.1) is 20.8 Å². The smallest absolute Gasteiger partial charge is 0.213 e. The number of rotatable bonds is 4. The SMILES string of the molecule is COc1ccc(NCc2nc(C)c(C)o2)c(C)c1. The number of hydrogen-bond acceptors (Lipinski definition) is 4. The average Bonchev–Trinajstić information content (AvgIpc) is 2.67. The molecule has 0 aliphatic rings. The van der Waals surface area contributed by atoms with Crippen molar-refractivity contribution in [2.45, 2.75) is 27.3 Å². The number of oxazole rings is 1. The van der Waals surface area contributed by atoms with Gasteiger partial charge in [0.15, 0.2) is 0 Å². The van der Waals surface area contributed by atoms with Crippen LogP contribution < -0.4 is 10.1 Å². The van der Waals surface area contributed by atoms with E-state index in [1.54, 1.807) is 7.11 Å². The Bertz CT molecular complexity index is 527. The van der Waals surface area contributed by atoms with E-state index < -0.39 is 0 Å². The molecule has 0 amide bonds. The predicted octanol–water partition coefficient (Wildman–Crippen LogP) is 3.22. The summed E-state index contributed by atoms with van der Waals surface area (Å²) in [6.45, 7) is 6.49. The van der Waals surface area contributed by atoms with Crippen LogP contribution in [-0.2, 0) is 6.54 Å². The van der Waals surface area contributed by atoms with Crippen LogP contribution in [0.4, 0.5) is 5.69 Å². The van der Waals surface area contributed by atoms with E-state index in [4.69, 9.17) is 9.15 Å². The van der Waals surface area contributed by atoms with Crippen molar-refractivity contribution in [3.05, 3.63) is 41.1 Å². The topological polar surface area (TPSA) is 47.3 Å². The Labute approximate surface area is 107 Å². The molecular weight excluding hydrogens is 228 g/mol. The van der Waals surface area contributed by atoms with Gasteiger partial charge in [-0.2, -0.15) is 0 Å². The van der Waals surface area contributed by atoms with Gasteiger partial charge >= 0.3 is 0 Å². The maximum absolute atomic E-state index is 5.52. The molecular formula is C14H18N2O2. The fourth-order valence-corrected chi connectivity index (χ4v) is 1.75. The lowest BCUT2D eigenvalue weighted by molar-refractivity contribution is 0.414. The van der Waals surface area contributed by atoms with Gasteiger partial charge in [0, 0.05) is 5.69 Å². The van der Waals surface area contributed by atoms with Gasteiger partial charge in [0.2, 0.25) is 5.89 Å². The molecule has 0 atom stereocenters. The number of benzene rings is 1.